The minimum absolute atomic E-state index is 0.0975. The van der Waals surface area contributed by atoms with Crippen molar-refractivity contribution in [1.29, 1.82) is 0 Å². The van der Waals surface area contributed by atoms with Crippen molar-refractivity contribution in [3.05, 3.63) is 71.0 Å². The third-order valence-corrected chi connectivity index (χ3v) is 5.25. The lowest BCUT2D eigenvalue weighted by molar-refractivity contribution is -0.138. The number of hydrogen-bond donors (Lipinski definition) is 1. The SMILES string of the molecule is CNC(=O)C(C)N(Cc1cccc(C)c1)C(=O)CSCc1ccc(F)cc1. The topological polar surface area (TPSA) is 49.4 Å². The van der Waals surface area contributed by atoms with E-state index >= 15 is 0 Å². The summed E-state index contributed by atoms with van der Waals surface area (Å²) in [5.41, 5.74) is 3.06. The molecule has 0 radical (unpaired) electrons. The number of benzene rings is 2. The summed E-state index contributed by atoms with van der Waals surface area (Å²) in [6.07, 6.45) is 0. The predicted molar refractivity (Wildman–Crippen MR) is 108 cm³/mol. The molecule has 1 atom stereocenters. The molecule has 2 rings (SSSR count). The summed E-state index contributed by atoms with van der Waals surface area (Å²) in [6.45, 7) is 4.11. The predicted octanol–water partition coefficient (Wildman–Crippen LogP) is 3.53. The maximum atomic E-state index is 13.0. The molecular formula is C21H25FN2O2S. The molecule has 0 aromatic heterocycles. The summed E-state index contributed by atoms with van der Waals surface area (Å²) in [4.78, 5) is 26.5. The van der Waals surface area contributed by atoms with Crippen molar-refractivity contribution in [3.8, 4) is 0 Å². The van der Waals surface area contributed by atoms with Crippen LogP contribution in [-0.4, -0.2) is 35.6 Å². The van der Waals surface area contributed by atoms with Crippen molar-refractivity contribution >= 4 is 23.6 Å². The second kappa shape index (κ2) is 10.1. The van der Waals surface area contributed by atoms with Crippen LogP contribution in [0.15, 0.2) is 48.5 Å². The molecule has 0 saturated carbocycles. The van der Waals surface area contributed by atoms with Gasteiger partial charge in [0.1, 0.15) is 11.9 Å². The van der Waals surface area contributed by atoms with Crippen molar-refractivity contribution < 1.29 is 14.0 Å². The van der Waals surface area contributed by atoms with Gasteiger partial charge in [0.15, 0.2) is 0 Å². The van der Waals surface area contributed by atoms with E-state index in [0.29, 0.717) is 12.3 Å². The van der Waals surface area contributed by atoms with Gasteiger partial charge < -0.3 is 10.2 Å². The fourth-order valence-corrected chi connectivity index (χ4v) is 3.59. The molecule has 27 heavy (non-hydrogen) atoms. The first-order valence-corrected chi connectivity index (χ1v) is 9.95. The van der Waals surface area contributed by atoms with Crippen LogP contribution in [0.3, 0.4) is 0 Å². The molecule has 144 valence electrons. The number of thioether (sulfide) groups is 1. The lowest BCUT2D eigenvalue weighted by Crippen LogP contribution is -2.47. The molecule has 6 heteroatoms. The Kier molecular flexibility index (Phi) is 7.85. The zero-order valence-electron chi connectivity index (χ0n) is 15.9. The van der Waals surface area contributed by atoms with Crippen LogP contribution < -0.4 is 5.32 Å². The summed E-state index contributed by atoms with van der Waals surface area (Å²) in [5.74, 6) is 0.297. The number of amides is 2. The van der Waals surface area contributed by atoms with E-state index < -0.39 is 6.04 Å². The molecule has 0 aliphatic carbocycles. The molecule has 0 aliphatic heterocycles. The zero-order valence-corrected chi connectivity index (χ0v) is 16.7. The highest BCUT2D eigenvalue weighted by atomic mass is 32.2. The van der Waals surface area contributed by atoms with Gasteiger partial charge in [-0.2, -0.15) is 0 Å². The Morgan fingerprint density at radius 2 is 1.85 bits per heavy atom. The standard InChI is InChI=1S/C21H25FN2O2S/c1-15-5-4-6-18(11-15)12-24(16(2)21(26)23-3)20(25)14-27-13-17-7-9-19(22)10-8-17/h4-11,16H,12-14H2,1-3H3,(H,23,26). The van der Waals surface area contributed by atoms with Crippen LogP contribution >= 0.6 is 11.8 Å². The smallest absolute Gasteiger partial charge is 0.242 e. The summed E-state index contributed by atoms with van der Waals surface area (Å²) in [7, 11) is 1.57. The number of halogens is 1. The highest BCUT2D eigenvalue weighted by molar-refractivity contribution is 7.99. The average Bonchev–Trinajstić information content (AvgIpc) is 2.66. The Labute approximate surface area is 164 Å². The van der Waals surface area contributed by atoms with Crippen LogP contribution in [0.2, 0.25) is 0 Å². The number of hydrogen-bond acceptors (Lipinski definition) is 3. The third-order valence-electron chi connectivity index (χ3n) is 4.26. The number of carbonyl (C=O) groups is 2. The minimum Gasteiger partial charge on any atom is -0.357 e. The molecule has 4 nitrogen and oxygen atoms in total. The number of nitrogens with zero attached hydrogens (tertiary/aromatic N) is 1. The number of likely N-dealkylation sites (N-methyl/N-ethyl adjacent to an activating group) is 1. The van der Waals surface area contributed by atoms with Gasteiger partial charge in [0.2, 0.25) is 11.8 Å². The van der Waals surface area contributed by atoms with Gasteiger partial charge in [-0.05, 0) is 37.1 Å². The van der Waals surface area contributed by atoms with Gasteiger partial charge in [-0.25, -0.2) is 4.39 Å². The molecular weight excluding hydrogens is 363 g/mol. The zero-order chi connectivity index (χ0) is 19.8. The molecule has 0 fully saturated rings. The van der Waals surface area contributed by atoms with Crippen molar-refractivity contribution in [1.82, 2.24) is 10.2 Å². The van der Waals surface area contributed by atoms with Gasteiger partial charge >= 0.3 is 0 Å². The maximum Gasteiger partial charge on any atom is 0.242 e. The van der Waals surface area contributed by atoms with E-state index in [1.165, 1.54) is 23.9 Å². The molecule has 2 aromatic rings. The highest BCUT2D eigenvalue weighted by Crippen LogP contribution is 2.17. The van der Waals surface area contributed by atoms with E-state index in [0.717, 1.165) is 16.7 Å². The van der Waals surface area contributed by atoms with Crippen LogP contribution in [0.4, 0.5) is 4.39 Å². The first-order valence-electron chi connectivity index (χ1n) is 8.79. The second-order valence-corrected chi connectivity index (χ2v) is 7.41. The van der Waals surface area contributed by atoms with Crippen molar-refractivity contribution in [3.63, 3.8) is 0 Å². The van der Waals surface area contributed by atoms with Gasteiger partial charge in [0.25, 0.3) is 0 Å². The Bertz CT molecular complexity index is 780. The number of aryl methyl sites for hydroxylation is 1. The van der Waals surface area contributed by atoms with E-state index in [1.807, 2.05) is 31.2 Å². The molecule has 0 bridgehead atoms. The lowest BCUT2D eigenvalue weighted by atomic mass is 10.1. The first kappa shape index (κ1) is 21.0. The van der Waals surface area contributed by atoms with Gasteiger partial charge in [-0.1, -0.05) is 42.0 Å². The van der Waals surface area contributed by atoms with Crippen LogP contribution in [0.1, 0.15) is 23.6 Å². The average molecular weight is 389 g/mol. The largest absolute Gasteiger partial charge is 0.357 e. The monoisotopic (exact) mass is 388 g/mol. The van der Waals surface area contributed by atoms with Crippen LogP contribution in [0.5, 0.6) is 0 Å². The Morgan fingerprint density at radius 3 is 2.48 bits per heavy atom. The summed E-state index contributed by atoms with van der Waals surface area (Å²) < 4.78 is 13.0. The van der Waals surface area contributed by atoms with Crippen molar-refractivity contribution in [2.45, 2.75) is 32.2 Å². The van der Waals surface area contributed by atoms with Crippen molar-refractivity contribution in [2.24, 2.45) is 0 Å². The Balaban J connectivity index is 2.03. The third kappa shape index (κ3) is 6.40. The molecule has 0 saturated heterocycles. The second-order valence-electron chi connectivity index (χ2n) is 6.42. The molecule has 0 spiro atoms. The molecule has 0 heterocycles. The van der Waals surface area contributed by atoms with Crippen LogP contribution in [0, 0.1) is 12.7 Å². The highest BCUT2D eigenvalue weighted by Gasteiger charge is 2.25. The van der Waals surface area contributed by atoms with E-state index in [4.69, 9.17) is 0 Å². The van der Waals surface area contributed by atoms with Gasteiger partial charge in [-0.3, -0.25) is 9.59 Å². The van der Waals surface area contributed by atoms with E-state index in [2.05, 4.69) is 5.32 Å². The van der Waals surface area contributed by atoms with Gasteiger partial charge in [-0.15, -0.1) is 11.8 Å². The number of rotatable bonds is 8. The van der Waals surface area contributed by atoms with Gasteiger partial charge in [0, 0.05) is 19.3 Å². The fraction of sp³-hybridized carbons (Fsp3) is 0.333. The summed E-state index contributed by atoms with van der Waals surface area (Å²) in [6, 6.07) is 13.6. The Hall–Kier alpha value is -2.34. The summed E-state index contributed by atoms with van der Waals surface area (Å²) in [5, 5.41) is 2.61. The normalized spacial score (nSPS) is 11.7. The molecule has 2 aromatic carbocycles. The molecule has 2 amide bonds. The van der Waals surface area contributed by atoms with E-state index in [-0.39, 0.29) is 23.4 Å². The minimum atomic E-state index is -0.561. The van der Waals surface area contributed by atoms with E-state index in [9.17, 15) is 14.0 Å². The van der Waals surface area contributed by atoms with Gasteiger partial charge in [0.05, 0.1) is 5.75 Å². The van der Waals surface area contributed by atoms with Crippen molar-refractivity contribution in [2.75, 3.05) is 12.8 Å². The summed E-state index contributed by atoms with van der Waals surface area (Å²) >= 11 is 1.45. The maximum absolute atomic E-state index is 13.0. The Morgan fingerprint density at radius 1 is 1.15 bits per heavy atom. The molecule has 1 N–H and O–H groups in total. The van der Waals surface area contributed by atoms with E-state index in [1.54, 1.807) is 31.0 Å². The van der Waals surface area contributed by atoms with Crippen LogP contribution in [-0.2, 0) is 21.9 Å². The molecule has 0 aliphatic rings. The lowest BCUT2D eigenvalue weighted by Gasteiger charge is -2.28. The number of nitrogens with one attached hydrogen (secondary N) is 1. The quantitative estimate of drug-likeness (QED) is 0.753. The first-order chi connectivity index (χ1) is 12.9. The fourth-order valence-electron chi connectivity index (χ4n) is 2.72. The van der Waals surface area contributed by atoms with Crippen LogP contribution in [0.25, 0.3) is 0 Å². The number of carbonyl (C=O) groups excluding carboxylic acids is 2. The molecule has 1 unspecified atom stereocenters.